The van der Waals surface area contributed by atoms with E-state index >= 15 is 0 Å². The van der Waals surface area contributed by atoms with Crippen LogP contribution in [-0.4, -0.2) is 89.6 Å². The van der Waals surface area contributed by atoms with Gasteiger partial charge in [0, 0.05) is 13.0 Å². The Labute approximate surface area is 376 Å². The largest absolute Gasteiger partial charge is 0.457 e. The van der Waals surface area contributed by atoms with Gasteiger partial charge in [0.2, 0.25) is 0 Å². The van der Waals surface area contributed by atoms with Crippen LogP contribution in [0.1, 0.15) is 155 Å². The summed E-state index contributed by atoms with van der Waals surface area (Å²) in [7, 11) is 0. The Morgan fingerprint density at radius 3 is 1.40 bits per heavy atom. The van der Waals surface area contributed by atoms with Gasteiger partial charge in [-0.2, -0.15) is 0 Å². The first kappa shape index (κ1) is 56.9. The summed E-state index contributed by atoms with van der Waals surface area (Å²) >= 11 is 0. The number of rotatable bonds is 39. The quantitative estimate of drug-likeness (QED) is 0.0271. The highest BCUT2D eigenvalue weighted by Crippen LogP contribution is 2.22. The number of ether oxygens (including phenoxy) is 4. The molecule has 0 aromatic rings. The maximum Gasteiger partial charge on any atom is 0.306 e. The summed E-state index contributed by atoms with van der Waals surface area (Å²) in [5.74, 6) is -0.342. The second kappa shape index (κ2) is 43.1. The zero-order valence-electron chi connectivity index (χ0n) is 38.6. The Bertz CT molecular complexity index is 1310. The van der Waals surface area contributed by atoms with Crippen molar-refractivity contribution in [2.75, 3.05) is 26.4 Å². The van der Waals surface area contributed by atoms with Crippen molar-refractivity contribution in [1.29, 1.82) is 0 Å². The number of carbonyl (C=O) groups is 1. The molecule has 6 atom stereocenters. The first-order valence-electron chi connectivity index (χ1n) is 24.0. The van der Waals surface area contributed by atoms with Gasteiger partial charge < -0.3 is 39.4 Å². The van der Waals surface area contributed by atoms with E-state index in [1.165, 1.54) is 19.3 Å². The van der Waals surface area contributed by atoms with Crippen LogP contribution in [0.4, 0.5) is 0 Å². The Kier molecular flexibility index (Phi) is 39.5. The van der Waals surface area contributed by atoms with Gasteiger partial charge in [0.05, 0.1) is 19.8 Å². The van der Waals surface area contributed by atoms with Crippen molar-refractivity contribution in [3.05, 3.63) is 109 Å². The van der Waals surface area contributed by atoms with Crippen LogP contribution in [0.2, 0.25) is 0 Å². The van der Waals surface area contributed by atoms with E-state index in [0.29, 0.717) is 6.61 Å². The van der Waals surface area contributed by atoms with E-state index in [1.807, 2.05) is 0 Å². The van der Waals surface area contributed by atoms with Gasteiger partial charge in [-0.1, -0.05) is 162 Å². The van der Waals surface area contributed by atoms with Gasteiger partial charge in [-0.05, 0) is 96.3 Å². The van der Waals surface area contributed by atoms with Crippen LogP contribution < -0.4 is 0 Å². The van der Waals surface area contributed by atoms with Crippen LogP contribution in [0.25, 0.3) is 0 Å². The van der Waals surface area contributed by atoms with E-state index in [2.05, 4.69) is 123 Å². The summed E-state index contributed by atoms with van der Waals surface area (Å²) in [6.07, 6.45) is 54.0. The molecule has 0 saturated carbocycles. The number of hydrogen-bond donors (Lipinski definition) is 4. The monoisotopic (exact) mass is 867 g/mol. The number of esters is 1. The summed E-state index contributed by atoms with van der Waals surface area (Å²) in [5, 5.41) is 40.2. The molecule has 9 heteroatoms. The van der Waals surface area contributed by atoms with Gasteiger partial charge >= 0.3 is 5.97 Å². The summed E-state index contributed by atoms with van der Waals surface area (Å²) in [5.41, 5.74) is 0. The highest BCUT2D eigenvalue weighted by atomic mass is 16.7. The molecule has 1 rings (SSSR count). The number of aliphatic hydroxyl groups excluding tert-OH is 4. The van der Waals surface area contributed by atoms with Gasteiger partial charge in [-0.25, -0.2) is 0 Å². The summed E-state index contributed by atoms with van der Waals surface area (Å²) in [4.78, 5) is 12.8. The average molecular weight is 867 g/mol. The van der Waals surface area contributed by atoms with Gasteiger partial charge in [0.25, 0.3) is 0 Å². The van der Waals surface area contributed by atoms with E-state index in [4.69, 9.17) is 18.9 Å². The molecule has 0 aromatic carbocycles. The molecule has 0 aliphatic carbocycles. The second-order valence-electron chi connectivity index (χ2n) is 15.8. The highest BCUT2D eigenvalue weighted by molar-refractivity contribution is 5.69. The van der Waals surface area contributed by atoms with Crippen LogP contribution >= 0.6 is 0 Å². The molecule has 1 aliphatic heterocycles. The van der Waals surface area contributed by atoms with Crippen molar-refractivity contribution in [1.82, 2.24) is 0 Å². The van der Waals surface area contributed by atoms with Crippen LogP contribution in [0.3, 0.4) is 0 Å². The van der Waals surface area contributed by atoms with Crippen molar-refractivity contribution in [2.45, 2.75) is 192 Å². The van der Waals surface area contributed by atoms with Gasteiger partial charge in [0.15, 0.2) is 6.29 Å². The molecule has 0 amide bonds. The molecule has 1 saturated heterocycles. The zero-order chi connectivity index (χ0) is 45.0. The number of aliphatic hydroxyl groups is 4. The minimum absolute atomic E-state index is 0.111. The van der Waals surface area contributed by atoms with Gasteiger partial charge in [-0.15, -0.1) is 0 Å². The third kappa shape index (κ3) is 33.4. The number of allylic oxidation sites excluding steroid dienone is 18. The fourth-order valence-corrected chi connectivity index (χ4v) is 6.51. The maximum atomic E-state index is 12.8. The molecule has 0 bridgehead atoms. The SMILES string of the molecule is CC/C=C\C/C=C\C/C=C\C/C=C\C/C=C\CCCCCCCCCC(=O)OC(COCCCCC/C=C\C/C=C\C/C=C\C/C=C\CC)COC1OC(CO)C(O)C(O)C1O. The Morgan fingerprint density at radius 1 is 0.516 bits per heavy atom. The Hall–Kier alpha value is -3.15. The average Bonchev–Trinajstić information content (AvgIpc) is 3.27. The molecule has 0 radical (unpaired) electrons. The number of hydrogen-bond acceptors (Lipinski definition) is 9. The molecule has 352 valence electrons. The normalized spacial score (nSPS) is 20.8. The minimum Gasteiger partial charge on any atom is -0.457 e. The number of unbranched alkanes of at least 4 members (excludes halogenated alkanes) is 10. The molecule has 0 aromatic heterocycles. The lowest BCUT2D eigenvalue weighted by molar-refractivity contribution is -0.305. The van der Waals surface area contributed by atoms with Crippen LogP contribution in [-0.2, 0) is 23.7 Å². The van der Waals surface area contributed by atoms with E-state index in [0.717, 1.165) is 116 Å². The van der Waals surface area contributed by atoms with Crippen LogP contribution in [0.15, 0.2) is 109 Å². The topological polar surface area (TPSA) is 135 Å². The Morgan fingerprint density at radius 2 is 0.935 bits per heavy atom. The fraction of sp³-hybridized carbons (Fsp3) is 0.642. The zero-order valence-corrected chi connectivity index (χ0v) is 38.6. The molecule has 1 heterocycles. The molecular formula is C53H86O9. The van der Waals surface area contributed by atoms with Crippen molar-refractivity contribution >= 4 is 5.97 Å². The van der Waals surface area contributed by atoms with Crippen molar-refractivity contribution in [3.8, 4) is 0 Å². The third-order valence-corrected chi connectivity index (χ3v) is 10.2. The molecule has 1 aliphatic rings. The van der Waals surface area contributed by atoms with Crippen molar-refractivity contribution in [2.24, 2.45) is 0 Å². The Balaban J connectivity index is 2.28. The number of carbonyl (C=O) groups excluding carboxylic acids is 1. The fourth-order valence-electron chi connectivity index (χ4n) is 6.51. The van der Waals surface area contributed by atoms with E-state index < -0.39 is 43.4 Å². The lowest BCUT2D eigenvalue weighted by atomic mass is 9.99. The molecular weight excluding hydrogens is 781 g/mol. The predicted octanol–water partition coefficient (Wildman–Crippen LogP) is 11.4. The third-order valence-electron chi connectivity index (χ3n) is 10.2. The standard InChI is InChI=1S/C53H86O9/c1-3-5-7-9-11-13-15-17-19-21-22-23-24-25-26-27-28-30-32-34-36-38-40-42-49(55)61-47(46-60-53-52(58)51(57)50(56)48(44-54)62-53)45-59-43-41-39-37-35-33-31-29-20-18-16-14-12-10-8-6-4-2/h5-8,11-14,17-20,22-23,25-26,31,33,47-48,50-54,56-58H,3-4,9-10,15-16,21,24,27-30,32,34-46H2,1-2H3/b7-5-,8-6-,13-11-,14-12-,19-17-,20-18-,23-22-,26-25-,33-31-. The summed E-state index contributed by atoms with van der Waals surface area (Å²) < 4.78 is 22.8. The first-order valence-corrected chi connectivity index (χ1v) is 24.0. The second-order valence-corrected chi connectivity index (χ2v) is 15.8. The maximum absolute atomic E-state index is 12.8. The first-order chi connectivity index (χ1) is 30.4. The minimum atomic E-state index is -1.55. The van der Waals surface area contributed by atoms with E-state index in [1.54, 1.807) is 0 Å². The van der Waals surface area contributed by atoms with Crippen molar-refractivity contribution in [3.63, 3.8) is 0 Å². The molecule has 0 spiro atoms. The van der Waals surface area contributed by atoms with Gasteiger partial charge in [-0.3, -0.25) is 4.79 Å². The van der Waals surface area contributed by atoms with Crippen LogP contribution in [0, 0.1) is 0 Å². The van der Waals surface area contributed by atoms with Crippen LogP contribution in [0.5, 0.6) is 0 Å². The highest BCUT2D eigenvalue weighted by Gasteiger charge is 2.44. The lowest BCUT2D eigenvalue weighted by Crippen LogP contribution is -2.59. The molecule has 4 N–H and O–H groups in total. The van der Waals surface area contributed by atoms with Crippen molar-refractivity contribution < 1.29 is 44.2 Å². The molecule has 1 fully saturated rings. The smallest absolute Gasteiger partial charge is 0.306 e. The summed E-state index contributed by atoms with van der Waals surface area (Å²) in [6.45, 7) is 4.21. The molecule has 62 heavy (non-hydrogen) atoms. The molecule has 9 nitrogen and oxygen atoms in total. The van der Waals surface area contributed by atoms with E-state index in [-0.39, 0.29) is 25.6 Å². The molecule has 6 unspecified atom stereocenters. The van der Waals surface area contributed by atoms with E-state index in [9.17, 15) is 25.2 Å². The van der Waals surface area contributed by atoms with Gasteiger partial charge in [0.1, 0.15) is 30.5 Å². The summed E-state index contributed by atoms with van der Waals surface area (Å²) in [6, 6.07) is 0. The lowest BCUT2D eigenvalue weighted by Gasteiger charge is -2.39. The predicted molar refractivity (Wildman–Crippen MR) is 256 cm³/mol.